The molecule has 0 fully saturated rings. The van der Waals surface area contributed by atoms with E-state index in [2.05, 4.69) is 0 Å². The van der Waals surface area contributed by atoms with Crippen molar-refractivity contribution in [3.63, 3.8) is 0 Å². The van der Waals surface area contributed by atoms with Crippen molar-refractivity contribution in [3.8, 4) is 11.1 Å². The summed E-state index contributed by atoms with van der Waals surface area (Å²) in [5.41, 5.74) is 1.95. The Morgan fingerprint density at radius 2 is 1.84 bits per heavy atom. The zero-order valence-electron chi connectivity index (χ0n) is 10.6. The van der Waals surface area contributed by atoms with E-state index in [1.54, 1.807) is 6.07 Å². The number of rotatable bonds is 4. The fraction of sp³-hybridized carbons (Fsp3) is 0.143. The molecule has 2 rings (SSSR count). The number of carbonyl (C=O) groups excluding carboxylic acids is 2. The number of ketones is 1. The van der Waals surface area contributed by atoms with Gasteiger partial charge in [0.2, 0.25) is 0 Å². The molecule has 2 aromatic rings. The highest BCUT2D eigenvalue weighted by Crippen LogP contribution is 2.25. The van der Waals surface area contributed by atoms with Crippen molar-refractivity contribution in [1.29, 1.82) is 0 Å². The van der Waals surface area contributed by atoms with Crippen molar-refractivity contribution in [2.75, 3.05) is 14.2 Å². The molecular weight excluding hydrogens is 262 g/mol. The number of hydrogen-bond donors (Lipinski definition) is 0. The molecule has 5 heteroatoms. The van der Waals surface area contributed by atoms with Crippen molar-refractivity contribution in [1.82, 2.24) is 5.06 Å². The quantitative estimate of drug-likeness (QED) is 0.489. The van der Waals surface area contributed by atoms with Gasteiger partial charge in [0.25, 0.3) is 5.78 Å². The van der Waals surface area contributed by atoms with Crippen LogP contribution in [0.4, 0.5) is 0 Å². The largest absolute Gasteiger partial charge is 0.319 e. The van der Waals surface area contributed by atoms with E-state index in [1.807, 2.05) is 35.7 Å². The molecular formula is C14H13NO3S. The van der Waals surface area contributed by atoms with Gasteiger partial charge in [-0.15, -0.1) is 11.3 Å². The highest BCUT2D eigenvalue weighted by atomic mass is 32.1. The van der Waals surface area contributed by atoms with Crippen molar-refractivity contribution < 1.29 is 14.4 Å². The third-order valence-electron chi connectivity index (χ3n) is 2.68. The van der Waals surface area contributed by atoms with Crippen LogP contribution in [-0.4, -0.2) is 30.9 Å². The summed E-state index contributed by atoms with van der Waals surface area (Å²) in [6, 6.07) is 11.4. The van der Waals surface area contributed by atoms with Crippen LogP contribution in [0, 0.1) is 0 Å². The molecule has 0 aliphatic heterocycles. The number of amides is 1. The molecule has 0 atom stereocenters. The lowest BCUT2D eigenvalue weighted by molar-refractivity contribution is -0.162. The average molecular weight is 275 g/mol. The SMILES string of the molecule is CON(C)C(=O)C(=O)c1cc(-c2ccccc2)cs1. The summed E-state index contributed by atoms with van der Waals surface area (Å²) in [5.74, 6) is -1.24. The Morgan fingerprint density at radius 3 is 2.47 bits per heavy atom. The van der Waals surface area contributed by atoms with Crippen LogP contribution in [0.15, 0.2) is 41.8 Å². The Hall–Kier alpha value is -1.98. The molecule has 1 aromatic heterocycles. The number of thiophene rings is 1. The first-order valence-electron chi connectivity index (χ1n) is 5.64. The second kappa shape index (κ2) is 5.77. The maximum Gasteiger partial charge on any atom is 0.319 e. The summed E-state index contributed by atoms with van der Waals surface area (Å²) < 4.78 is 0. The molecule has 0 unspecified atom stereocenters. The minimum atomic E-state index is -0.677. The Labute approximate surface area is 115 Å². The number of Topliss-reactive ketones (excluding diaryl/α,β-unsaturated/α-hetero) is 1. The van der Waals surface area contributed by atoms with Gasteiger partial charge in [0, 0.05) is 7.05 Å². The summed E-state index contributed by atoms with van der Waals surface area (Å²) >= 11 is 1.26. The van der Waals surface area contributed by atoms with Gasteiger partial charge in [-0.25, -0.2) is 5.06 Å². The minimum absolute atomic E-state index is 0.410. The van der Waals surface area contributed by atoms with E-state index in [4.69, 9.17) is 4.84 Å². The zero-order valence-corrected chi connectivity index (χ0v) is 11.4. The van der Waals surface area contributed by atoms with Gasteiger partial charge < -0.3 is 0 Å². The van der Waals surface area contributed by atoms with Crippen LogP contribution in [0.3, 0.4) is 0 Å². The van der Waals surface area contributed by atoms with Crippen LogP contribution in [0.5, 0.6) is 0 Å². The highest BCUT2D eigenvalue weighted by molar-refractivity contribution is 7.13. The standard InChI is InChI=1S/C14H13NO3S/c1-15(18-2)14(17)13(16)12-8-11(9-19-12)10-6-4-3-5-7-10/h3-9H,1-2H3. The molecule has 1 aromatic carbocycles. The smallest absolute Gasteiger partial charge is 0.282 e. The predicted molar refractivity (Wildman–Crippen MR) is 73.9 cm³/mol. The van der Waals surface area contributed by atoms with Gasteiger partial charge in [0.1, 0.15) is 0 Å². The third kappa shape index (κ3) is 2.89. The van der Waals surface area contributed by atoms with Crippen molar-refractivity contribution in [2.24, 2.45) is 0 Å². The average Bonchev–Trinajstić information content (AvgIpc) is 2.95. The summed E-state index contributed by atoms with van der Waals surface area (Å²) in [5, 5.41) is 2.78. The van der Waals surface area contributed by atoms with Crippen LogP contribution < -0.4 is 0 Å². The number of benzene rings is 1. The van der Waals surface area contributed by atoms with Crippen LogP contribution in [0.1, 0.15) is 9.67 Å². The molecule has 0 radical (unpaired) electrons. The van der Waals surface area contributed by atoms with E-state index in [9.17, 15) is 9.59 Å². The number of likely N-dealkylation sites (N-methyl/N-ethyl adjacent to an activating group) is 1. The van der Waals surface area contributed by atoms with E-state index in [0.717, 1.165) is 16.2 Å². The molecule has 0 saturated heterocycles. The van der Waals surface area contributed by atoms with E-state index in [0.29, 0.717) is 4.88 Å². The highest BCUT2D eigenvalue weighted by Gasteiger charge is 2.22. The van der Waals surface area contributed by atoms with Crippen molar-refractivity contribution >= 4 is 23.0 Å². The van der Waals surface area contributed by atoms with Gasteiger partial charge in [-0.2, -0.15) is 0 Å². The van der Waals surface area contributed by atoms with Gasteiger partial charge in [-0.05, 0) is 22.6 Å². The van der Waals surface area contributed by atoms with Gasteiger partial charge in [-0.3, -0.25) is 14.4 Å². The Morgan fingerprint density at radius 1 is 1.16 bits per heavy atom. The predicted octanol–water partition coefficient (Wildman–Crippen LogP) is 2.62. The molecule has 0 N–H and O–H groups in total. The van der Waals surface area contributed by atoms with Crippen LogP contribution in [-0.2, 0) is 9.63 Å². The minimum Gasteiger partial charge on any atom is -0.282 e. The molecule has 0 aliphatic rings. The maximum absolute atomic E-state index is 11.9. The maximum atomic E-state index is 11.9. The van der Waals surface area contributed by atoms with Gasteiger partial charge >= 0.3 is 5.91 Å². The molecule has 0 spiro atoms. The Balaban J connectivity index is 2.22. The first-order valence-corrected chi connectivity index (χ1v) is 6.52. The van der Waals surface area contributed by atoms with E-state index >= 15 is 0 Å². The summed E-state index contributed by atoms with van der Waals surface area (Å²) in [6.45, 7) is 0. The second-order valence-electron chi connectivity index (χ2n) is 3.88. The number of hydrogen-bond acceptors (Lipinski definition) is 4. The monoisotopic (exact) mass is 275 g/mol. The van der Waals surface area contributed by atoms with Crippen LogP contribution >= 0.6 is 11.3 Å². The summed E-state index contributed by atoms with van der Waals surface area (Å²) in [7, 11) is 2.75. The second-order valence-corrected chi connectivity index (χ2v) is 4.79. The summed E-state index contributed by atoms with van der Waals surface area (Å²) in [6.07, 6.45) is 0. The molecule has 0 bridgehead atoms. The number of carbonyl (C=O) groups is 2. The molecule has 19 heavy (non-hydrogen) atoms. The zero-order chi connectivity index (χ0) is 13.8. The summed E-state index contributed by atoms with van der Waals surface area (Å²) in [4.78, 5) is 28.7. The fourth-order valence-electron chi connectivity index (χ4n) is 1.57. The van der Waals surface area contributed by atoms with Gasteiger partial charge in [0.15, 0.2) is 0 Å². The molecule has 1 amide bonds. The normalized spacial score (nSPS) is 10.2. The first kappa shape index (κ1) is 13.5. The van der Waals surface area contributed by atoms with E-state index < -0.39 is 11.7 Å². The number of hydroxylamine groups is 2. The lowest BCUT2D eigenvalue weighted by Gasteiger charge is -2.11. The topological polar surface area (TPSA) is 46.6 Å². The molecule has 0 aliphatic carbocycles. The fourth-order valence-corrected chi connectivity index (χ4v) is 2.42. The Bertz CT molecular complexity index is 592. The first-order chi connectivity index (χ1) is 9.13. The van der Waals surface area contributed by atoms with Crippen LogP contribution in [0.2, 0.25) is 0 Å². The molecule has 4 nitrogen and oxygen atoms in total. The lowest BCUT2D eigenvalue weighted by Crippen LogP contribution is -2.31. The van der Waals surface area contributed by atoms with Crippen molar-refractivity contribution in [2.45, 2.75) is 0 Å². The Kier molecular flexibility index (Phi) is 4.09. The van der Waals surface area contributed by atoms with Gasteiger partial charge in [0.05, 0.1) is 12.0 Å². The lowest BCUT2D eigenvalue weighted by atomic mass is 10.1. The molecule has 1 heterocycles. The third-order valence-corrected chi connectivity index (χ3v) is 3.61. The van der Waals surface area contributed by atoms with Gasteiger partial charge in [-0.1, -0.05) is 30.3 Å². The van der Waals surface area contributed by atoms with Crippen molar-refractivity contribution in [3.05, 3.63) is 46.7 Å². The van der Waals surface area contributed by atoms with E-state index in [1.165, 1.54) is 25.5 Å². The molecule has 0 saturated carbocycles. The van der Waals surface area contributed by atoms with E-state index in [-0.39, 0.29) is 0 Å². The number of nitrogens with zero attached hydrogens (tertiary/aromatic N) is 1. The molecule has 98 valence electrons. The van der Waals surface area contributed by atoms with Crippen LogP contribution in [0.25, 0.3) is 11.1 Å².